The number of pyridine rings is 1. The van der Waals surface area contributed by atoms with Gasteiger partial charge in [0.05, 0.1) is 16.3 Å². The van der Waals surface area contributed by atoms with E-state index in [0.717, 1.165) is 11.3 Å². The van der Waals surface area contributed by atoms with E-state index < -0.39 is 29.4 Å². The Kier molecular flexibility index (Phi) is 8.17. The van der Waals surface area contributed by atoms with Gasteiger partial charge >= 0.3 is 17.9 Å². The number of carboxylic acids is 2. The van der Waals surface area contributed by atoms with Gasteiger partial charge in [0.25, 0.3) is 0 Å². The molecule has 1 aliphatic carbocycles. The number of hydrogen-bond donors (Lipinski definition) is 2. The zero-order chi connectivity index (χ0) is 25.4. The van der Waals surface area contributed by atoms with Crippen molar-refractivity contribution in [3.63, 3.8) is 0 Å². The van der Waals surface area contributed by atoms with Crippen molar-refractivity contribution < 1.29 is 29.3 Å². The van der Waals surface area contributed by atoms with Crippen molar-refractivity contribution in [2.24, 2.45) is 5.92 Å². The van der Waals surface area contributed by atoms with E-state index in [1.54, 1.807) is 24.4 Å². The fraction of sp³-hybridized carbons (Fsp3) is 0.111. The Hall–Kier alpha value is -4.23. The molecule has 0 amide bonds. The monoisotopic (exact) mass is 491 g/mol. The number of carbonyl (C=O) groups excluding carboxylic acids is 1. The minimum atomic E-state index is -2.05. The number of aromatic nitrogens is 1. The summed E-state index contributed by atoms with van der Waals surface area (Å²) < 4.78 is 5.19. The molecule has 0 bridgehead atoms. The lowest BCUT2D eigenvalue weighted by Gasteiger charge is -2.34. The standard InChI is InChI=1S/C16H14O6.C11H8ClN/c1-10-12(13(17)18)8-5-9-16(10,15(20)21)22-14(19)11-6-3-2-4-7-11;12-10-7-4-8-13-11(10)9-5-2-1-3-6-9/h2-10H,1H3,(H,17,18)(H,20,21);1-8H. The third-order valence-electron chi connectivity index (χ3n) is 5.39. The summed E-state index contributed by atoms with van der Waals surface area (Å²) in [6.07, 6.45) is 5.50. The minimum Gasteiger partial charge on any atom is -0.478 e. The van der Waals surface area contributed by atoms with Crippen LogP contribution in [0, 0.1) is 5.92 Å². The van der Waals surface area contributed by atoms with Gasteiger partial charge in [-0.05, 0) is 30.3 Å². The molecule has 1 aromatic heterocycles. The lowest BCUT2D eigenvalue weighted by molar-refractivity contribution is -0.158. The first-order chi connectivity index (χ1) is 16.8. The Morgan fingerprint density at radius 2 is 1.57 bits per heavy atom. The molecule has 1 aliphatic rings. The molecule has 2 N–H and O–H groups in total. The van der Waals surface area contributed by atoms with Gasteiger partial charge in [-0.15, -0.1) is 0 Å². The number of esters is 1. The summed E-state index contributed by atoms with van der Waals surface area (Å²) in [4.78, 5) is 39.2. The maximum Gasteiger partial charge on any atom is 0.353 e. The molecule has 7 nitrogen and oxygen atoms in total. The van der Waals surface area contributed by atoms with Gasteiger partial charge in [0, 0.05) is 23.3 Å². The Morgan fingerprint density at radius 1 is 0.943 bits per heavy atom. The fourth-order valence-electron chi connectivity index (χ4n) is 3.47. The maximum absolute atomic E-state index is 12.2. The van der Waals surface area contributed by atoms with Gasteiger partial charge in [-0.2, -0.15) is 0 Å². The van der Waals surface area contributed by atoms with E-state index in [9.17, 15) is 19.5 Å². The first-order valence-electron chi connectivity index (χ1n) is 10.6. The lowest BCUT2D eigenvalue weighted by atomic mass is 9.79. The van der Waals surface area contributed by atoms with E-state index in [1.807, 2.05) is 42.5 Å². The van der Waals surface area contributed by atoms with Crippen LogP contribution < -0.4 is 0 Å². The van der Waals surface area contributed by atoms with E-state index in [2.05, 4.69) is 4.98 Å². The van der Waals surface area contributed by atoms with Crippen molar-refractivity contribution in [1.82, 2.24) is 4.98 Å². The summed E-state index contributed by atoms with van der Waals surface area (Å²) in [5.74, 6) is -4.53. The fourth-order valence-corrected chi connectivity index (χ4v) is 3.70. The predicted octanol–water partition coefficient (Wildman–Crippen LogP) is 5.29. The number of aliphatic carboxylic acids is 2. The highest BCUT2D eigenvalue weighted by Gasteiger charge is 2.49. The molecule has 0 spiro atoms. The zero-order valence-electron chi connectivity index (χ0n) is 18.7. The zero-order valence-corrected chi connectivity index (χ0v) is 19.4. The summed E-state index contributed by atoms with van der Waals surface area (Å²) in [5.41, 5.74) is -0.103. The topological polar surface area (TPSA) is 114 Å². The van der Waals surface area contributed by atoms with Crippen LogP contribution >= 0.6 is 11.6 Å². The van der Waals surface area contributed by atoms with E-state index in [-0.39, 0.29) is 11.1 Å². The second kappa shape index (κ2) is 11.3. The van der Waals surface area contributed by atoms with Gasteiger partial charge in [-0.3, -0.25) is 4.98 Å². The van der Waals surface area contributed by atoms with Crippen molar-refractivity contribution in [2.75, 3.05) is 0 Å². The third-order valence-corrected chi connectivity index (χ3v) is 5.69. The summed E-state index contributed by atoms with van der Waals surface area (Å²) in [5, 5.41) is 19.3. The van der Waals surface area contributed by atoms with Crippen LogP contribution in [0.25, 0.3) is 11.3 Å². The van der Waals surface area contributed by atoms with E-state index in [0.29, 0.717) is 5.02 Å². The molecule has 0 fully saturated rings. The number of allylic oxidation sites excluding steroid dienone is 2. The molecular weight excluding hydrogens is 470 g/mol. The van der Waals surface area contributed by atoms with Crippen LogP contribution in [-0.4, -0.2) is 38.7 Å². The normalized spacial score (nSPS) is 18.5. The molecule has 0 radical (unpaired) electrons. The summed E-state index contributed by atoms with van der Waals surface area (Å²) in [6.45, 7) is 1.40. The quantitative estimate of drug-likeness (QED) is 0.466. The molecule has 35 heavy (non-hydrogen) atoms. The van der Waals surface area contributed by atoms with Gasteiger partial charge in [0.2, 0.25) is 5.60 Å². The first-order valence-corrected chi connectivity index (χ1v) is 10.9. The smallest absolute Gasteiger partial charge is 0.353 e. The summed E-state index contributed by atoms with van der Waals surface area (Å²) in [7, 11) is 0. The van der Waals surface area contributed by atoms with Crippen molar-refractivity contribution in [3.8, 4) is 11.3 Å². The van der Waals surface area contributed by atoms with Crippen LogP contribution in [0.5, 0.6) is 0 Å². The molecule has 2 unspecified atom stereocenters. The molecule has 0 aliphatic heterocycles. The Morgan fingerprint density at radius 3 is 2.14 bits per heavy atom. The Bertz CT molecular complexity index is 1270. The Balaban J connectivity index is 0.000000223. The first kappa shape index (κ1) is 25.4. The van der Waals surface area contributed by atoms with Gasteiger partial charge < -0.3 is 14.9 Å². The molecule has 178 valence electrons. The van der Waals surface area contributed by atoms with Gasteiger partial charge in [-0.1, -0.05) is 79.2 Å². The number of rotatable bonds is 5. The van der Waals surface area contributed by atoms with E-state index in [1.165, 1.54) is 37.3 Å². The van der Waals surface area contributed by atoms with Crippen LogP contribution in [-0.2, 0) is 14.3 Å². The van der Waals surface area contributed by atoms with Crippen molar-refractivity contribution in [1.29, 1.82) is 0 Å². The SMILES string of the molecule is CC1C(C(=O)O)=CC=CC1(OC(=O)c1ccccc1)C(=O)O.Clc1cccnc1-c1ccccc1. The molecule has 0 saturated heterocycles. The van der Waals surface area contributed by atoms with Crippen molar-refractivity contribution in [3.05, 3.63) is 113 Å². The molecule has 3 aromatic rings. The number of halogens is 1. The van der Waals surface area contributed by atoms with Gasteiger partial charge in [-0.25, -0.2) is 14.4 Å². The van der Waals surface area contributed by atoms with Crippen molar-refractivity contribution >= 4 is 29.5 Å². The van der Waals surface area contributed by atoms with Crippen molar-refractivity contribution in [2.45, 2.75) is 12.5 Å². The molecule has 1 heterocycles. The highest BCUT2D eigenvalue weighted by molar-refractivity contribution is 6.33. The van der Waals surface area contributed by atoms with Crippen LogP contribution in [0.3, 0.4) is 0 Å². The molecular formula is C27H22ClNO6. The van der Waals surface area contributed by atoms with Crippen LogP contribution in [0.15, 0.2) is 103 Å². The van der Waals surface area contributed by atoms with E-state index in [4.69, 9.17) is 21.4 Å². The van der Waals surface area contributed by atoms with Crippen LogP contribution in [0.2, 0.25) is 5.02 Å². The maximum atomic E-state index is 12.2. The predicted molar refractivity (Wildman–Crippen MR) is 131 cm³/mol. The number of carboxylic acid groups (broad SMARTS) is 2. The average Bonchev–Trinajstić information content (AvgIpc) is 2.86. The summed E-state index contributed by atoms with van der Waals surface area (Å²) >= 11 is 6.00. The summed E-state index contributed by atoms with van der Waals surface area (Å²) in [6, 6.07) is 21.5. The second-order valence-electron chi connectivity index (χ2n) is 7.56. The number of ether oxygens (including phenoxy) is 1. The van der Waals surface area contributed by atoms with Crippen LogP contribution in [0.1, 0.15) is 17.3 Å². The molecule has 2 aromatic carbocycles. The van der Waals surface area contributed by atoms with Crippen LogP contribution in [0.4, 0.5) is 0 Å². The van der Waals surface area contributed by atoms with E-state index >= 15 is 0 Å². The number of benzene rings is 2. The number of hydrogen-bond acceptors (Lipinski definition) is 5. The molecule has 8 heteroatoms. The Labute approximate surface area is 207 Å². The molecule has 4 rings (SSSR count). The minimum absolute atomic E-state index is 0.134. The number of carbonyl (C=O) groups is 3. The number of nitrogens with zero attached hydrogens (tertiary/aromatic N) is 1. The lowest BCUT2D eigenvalue weighted by Crippen LogP contribution is -2.49. The second-order valence-corrected chi connectivity index (χ2v) is 7.97. The van der Waals surface area contributed by atoms with Gasteiger partial charge in [0.15, 0.2) is 0 Å². The van der Waals surface area contributed by atoms with Gasteiger partial charge in [0.1, 0.15) is 0 Å². The average molecular weight is 492 g/mol. The molecule has 2 atom stereocenters. The highest BCUT2D eigenvalue weighted by atomic mass is 35.5. The largest absolute Gasteiger partial charge is 0.478 e. The molecule has 0 saturated carbocycles. The highest BCUT2D eigenvalue weighted by Crippen LogP contribution is 2.34. The third kappa shape index (κ3) is 5.83.